The Labute approximate surface area is 123 Å². The standard InChI is InChI=1S/C15H17ClN2O2/c1-15(2,20-3)9-17-14(19)11-8-13(16)18-12-7-5-4-6-10(11)12/h4-8H,9H2,1-3H3,(H,17,19). The molecule has 0 unspecified atom stereocenters. The summed E-state index contributed by atoms with van der Waals surface area (Å²) in [5, 5.41) is 3.95. The van der Waals surface area contributed by atoms with Crippen molar-refractivity contribution in [2.75, 3.05) is 13.7 Å². The average Bonchev–Trinajstić information content (AvgIpc) is 2.44. The summed E-state index contributed by atoms with van der Waals surface area (Å²) in [4.78, 5) is 16.5. The second kappa shape index (κ2) is 5.77. The van der Waals surface area contributed by atoms with Crippen molar-refractivity contribution in [3.05, 3.63) is 41.0 Å². The largest absolute Gasteiger partial charge is 0.377 e. The molecule has 0 bridgehead atoms. The van der Waals surface area contributed by atoms with Crippen LogP contribution in [0.3, 0.4) is 0 Å². The number of carbonyl (C=O) groups is 1. The average molecular weight is 293 g/mol. The van der Waals surface area contributed by atoms with Gasteiger partial charge in [-0.3, -0.25) is 4.79 Å². The monoisotopic (exact) mass is 292 g/mol. The fourth-order valence-electron chi connectivity index (χ4n) is 1.79. The van der Waals surface area contributed by atoms with E-state index in [-0.39, 0.29) is 5.91 Å². The van der Waals surface area contributed by atoms with Crippen molar-refractivity contribution in [1.29, 1.82) is 0 Å². The third-order valence-corrected chi connectivity index (χ3v) is 3.35. The van der Waals surface area contributed by atoms with E-state index in [4.69, 9.17) is 16.3 Å². The maximum atomic E-state index is 12.3. The highest BCUT2D eigenvalue weighted by Gasteiger charge is 2.19. The Morgan fingerprint density at radius 2 is 2.10 bits per heavy atom. The van der Waals surface area contributed by atoms with Gasteiger partial charge in [0.15, 0.2) is 0 Å². The molecule has 0 spiro atoms. The van der Waals surface area contributed by atoms with Gasteiger partial charge in [0.2, 0.25) is 0 Å². The number of hydrogen-bond donors (Lipinski definition) is 1. The zero-order valence-electron chi connectivity index (χ0n) is 11.7. The molecule has 1 N–H and O–H groups in total. The lowest BCUT2D eigenvalue weighted by Crippen LogP contribution is -2.39. The Bertz CT molecular complexity index is 641. The number of pyridine rings is 1. The maximum absolute atomic E-state index is 12.3. The van der Waals surface area contributed by atoms with Gasteiger partial charge in [-0.2, -0.15) is 0 Å². The highest BCUT2D eigenvalue weighted by molar-refractivity contribution is 6.30. The predicted molar refractivity (Wildman–Crippen MR) is 80.2 cm³/mol. The van der Waals surface area contributed by atoms with Gasteiger partial charge in [-0.15, -0.1) is 0 Å². The lowest BCUT2D eigenvalue weighted by Gasteiger charge is -2.23. The van der Waals surface area contributed by atoms with Crippen molar-refractivity contribution in [3.8, 4) is 0 Å². The first-order valence-electron chi connectivity index (χ1n) is 6.31. The number of para-hydroxylation sites is 1. The zero-order chi connectivity index (χ0) is 14.8. The summed E-state index contributed by atoms with van der Waals surface area (Å²) in [6.07, 6.45) is 0. The van der Waals surface area contributed by atoms with Gasteiger partial charge in [0.05, 0.1) is 16.7 Å². The molecule has 0 saturated carbocycles. The van der Waals surface area contributed by atoms with E-state index in [1.54, 1.807) is 13.2 Å². The van der Waals surface area contributed by atoms with E-state index in [9.17, 15) is 4.79 Å². The van der Waals surface area contributed by atoms with Gasteiger partial charge in [-0.25, -0.2) is 4.98 Å². The van der Waals surface area contributed by atoms with Crippen molar-refractivity contribution in [2.45, 2.75) is 19.4 Å². The molecule has 0 saturated heterocycles. The Kier molecular flexibility index (Phi) is 4.26. The molecule has 0 atom stereocenters. The van der Waals surface area contributed by atoms with Gasteiger partial charge in [-0.1, -0.05) is 29.8 Å². The summed E-state index contributed by atoms with van der Waals surface area (Å²) in [6.45, 7) is 4.23. The van der Waals surface area contributed by atoms with Crippen molar-refractivity contribution >= 4 is 28.4 Å². The normalized spacial score (nSPS) is 11.6. The zero-order valence-corrected chi connectivity index (χ0v) is 12.5. The molecule has 0 fully saturated rings. The molecular weight excluding hydrogens is 276 g/mol. The number of hydrogen-bond acceptors (Lipinski definition) is 3. The van der Waals surface area contributed by atoms with Gasteiger partial charge in [-0.05, 0) is 26.0 Å². The quantitative estimate of drug-likeness (QED) is 0.881. The summed E-state index contributed by atoms with van der Waals surface area (Å²) in [7, 11) is 1.62. The van der Waals surface area contributed by atoms with E-state index in [0.717, 1.165) is 5.39 Å². The van der Waals surface area contributed by atoms with E-state index in [1.165, 1.54) is 0 Å². The number of amides is 1. The predicted octanol–water partition coefficient (Wildman–Crippen LogP) is 3.04. The van der Waals surface area contributed by atoms with Crippen LogP contribution in [-0.4, -0.2) is 30.1 Å². The highest BCUT2D eigenvalue weighted by Crippen LogP contribution is 2.20. The van der Waals surface area contributed by atoms with E-state index < -0.39 is 5.60 Å². The smallest absolute Gasteiger partial charge is 0.252 e. The van der Waals surface area contributed by atoms with E-state index >= 15 is 0 Å². The van der Waals surface area contributed by atoms with E-state index in [0.29, 0.717) is 22.8 Å². The second-order valence-electron chi connectivity index (χ2n) is 5.16. The second-order valence-corrected chi connectivity index (χ2v) is 5.54. The van der Waals surface area contributed by atoms with E-state index in [1.807, 2.05) is 38.1 Å². The molecule has 0 aliphatic carbocycles. The summed E-state index contributed by atoms with van der Waals surface area (Å²) >= 11 is 5.97. The third-order valence-electron chi connectivity index (χ3n) is 3.16. The van der Waals surface area contributed by atoms with Crippen LogP contribution in [0.25, 0.3) is 10.9 Å². The number of benzene rings is 1. The number of nitrogens with zero attached hydrogens (tertiary/aromatic N) is 1. The Morgan fingerprint density at radius 3 is 2.80 bits per heavy atom. The molecule has 106 valence electrons. The Morgan fingerprint density at radius 1 is 1.40 bits per heavy atom. The Hall–Kier alpha value is -1.65. The lowest BCUT2D eigenvalue weighted by molar-refractivity contribution is 0.0229. The van der Waals surface area contributed by atoms with Crippen LogP contribution in [0.4, 0.5) is 0 Å². The number of nitrogens with one attached hydrogen (secondary N) is 1. The van der Waals surface area contributed by atoms with Crippen molar-refractivity contribution in [3.63, 3.8) is 0 Å². The number of carbonyl (C=O) groups excluding carboxylic acids is 1. The van der Waals surface area contributed by atoms with Gasteiger partial charge in [0.1, 0.15) is 5.15 Å². The number of fused-ring (bicyclic) bond motifs is 1. The molecule has 0 radical (unpaired) electrons. The molecule has 1 heterocycles. The number of halogens is 1. The Balaban J connectivity index is 2.30. The van der Waals surface area contributed by atoms with Crippen LogP contribution in [0.2, 0.25) is 5.15 Å². The number of methoxy groups -OCH3 is 1. The van der Waals surface area contributed by atoms with Crippen LogP contribution in [-0.2, 0) is 4.74 Å². The van der Waals surface area contributed by atoms with Gasteiger partial charge < -0.3 is 10.1 Å². The maximum Gasteiger partial charge on any atom is 0.252 e. The van der Waals surface area contributed by atoms with E-state index in [2.05, 4.69) is 10.3 Å². The molecular formula is C15H17ClN2O2. The fourth-order valence-corrected chi connectivity index (χ4v) is 1.99. The summed E-state index contributed by atoms with van der Waals surface area (Å²) in [5.74, 6) is -0.185. The van der Waals surface area contributed by atoms with Crippen LogP contribution >= 0.6 is 11.6 Å². The lowest BCUT2D eigenvalue weighted by atomic mass is 10.1. The van der Waals surface area contributed by atoms with Crippen LogP contribution in [0, 0.1) is 0 Å². The van der Waals surface area contributed by atoms with Crippen molar-refractivity contribution in [1.82, 2.24) is 10.3 Å². The number of ether oxygens (including phenoxy) is 1. The minimum atomic E-state index is -0.414. The molecule has 1 aromatic carbocycles. The minimum absolute atomic E-state index is 0.185. The number of aromatic nitrogens is 1. The molecule has 1 amide bonds. The molecule has 1 aromatic heterocycles. The first kappa shape index (κ1) is 14.8. The van der Waals surface area contributed by atoms with Crippen LogP contribution in [0.15, 0.2) is 30.3 Å². The molecule has 2 aromatic rings. The van der Waals surface area contributed by atoms with Gasteiger partial charge >= 0.3 is 0 Å². The van der Waals surface area contributed by atoms with Crippen molar-refractivity contribution in [2.24, 2.45) is 0 Å². The summed E-state index contributed by atoms with van der Waals surface area (Å²) in [5.41, 5.74) is 0.811. The molecule has 2 rings (SSSR count). The first-order valence-corrected chi connectivity index (χ1v) is 6.69. The number of rotatable bonds is 4. The molecule has 5 heteroatoms. The SMILES string of the molecule is COC(C)(C)CNC(=O)c1cc(Cl)nc2ccccc12. The topological polar surface area (TPSA) is 51.2 Å². The molecule has 20 heavy (non-hydrogen) atoms. The molecule has 0 aliphatic heterocycles. The first-order chi connectivity index (χ1) is 9.43. The summed E-state index contributed by atoms with van der Waals surface area (Å²) < 4.78 is 5.28. The van der Waals surface area contributed by atoms with Gasteiger partial charge in [0.25, 0.3) is 5.91 Å². The van der Waals surface area contributed by atoms with Crippen LogP contribution in [0.5, 0.6) is 0 Å². The summed E-state index contributed by atoms with van der Waals surface area (Å²) in [6, 6.07) is 9.00. The minimum Gasteiger partial charge on any atom is -0.377 e. The van der Waals surface area contributed by atoms with Crippen molar-refractivity contribution < 1.29 is 9.53 Å². The van der Waals surface area contributed by atoms with Crippen LogP contribution < -0.4 is 5.32 Å². The third kappa shape index (κ3) is 3.26. The van der Waals surface area contributed by atoms with Crippen LogP contribution in [0.1, 0.15) is 24.2 Å². The molecule has 0 aliphatic rings. The molecule has 4 nitrogen and oxygen atoms in total. The van der Waals surface area contributed by atoms with Gasteiger partial charge in [0, 0.05) is 19.0 Å². The highest BCUT2D eigenvalue weighted by atomic mass is 35.5. The fraction of sp³-hybridized carbons (Fsp3) is 0.333.